The first-order valence-corrected chi connectivity index (χ1v) is 18.3. The van der Waals surface area contributed by atoms with Crippen LogP contribution < -0.4 is 9.47 Å². The predicted octanol–water partition coefficient (Wildman–Crippen LogP) is 10.4. The summed E-state index contributed by atoms with van der Waals surface area (Å²) in [5.41, 5.74) is 5.18. The zero-order chi connectivity index (χ0) is 37.3. The molecule has 272 valence electrons. The first-order chi connectivity index (χ1) is 25.6. The third kappa shape index (κ3) is 9.66. The van der Waals surface area contributed by atoms with Gasteiger partial charge in [-0.2, -0.15) is 0 Å². The Balaban J connectivity index is 1.35. The van der Waals surface area contributed by atoms with Crippen LogP contribution in [-0.4, -0.2) is 34.6 Å². The average molecular weight is 709 g/mol. The van der Waals surface area contributed by atoms with Gasteiger partial charge in [0.1, 0.15) is 34.5 Å². The summed E-state index contributed by atoms with van der Waals surface area (Å²) in [7, 11) is 0. The molecule has 0 spiro atoms. The number of rotatable bonds is 13. The SMILES string of the molecule is CC(C)Oc1ccccc1C1=C/C(=C/CC(O)[C@@H](/C=C2\C=C(c3ccccc3)OC(c3ccccc3OC(C)C)=C2)C(C)O)C=C(c2ccccc2)O1. The molecule has 3 atom stereocenters. The van der Waals surface area contributed by atoms with Crippen molar-refractivity contribution in [3.8, 4) is 11.5 Å². The molecule has 2 unspecified atom stereocenters. The fourth-order valence-electron chi connectivity index (χ4n) is 6.27. The predicted molar refractivity (Wildman–Crippen MR) is 213 cm³/mol. The van der Waals surface area contributed by atoms with Gasteiger partial charge in [0.2, 0.25) is 0 Å². The lowest BCUT2D eigenvalue weighted by Crippen LogP contribution is -2.28. The van der Waals surface area contributed by atoms with Crippen LogP contribution in [-0.2, 0) is 9.47 Å². The maximum atomic E-state index is 11.7. The van der Waals surface area contributed by atoms with Gasteiger partial charge in [0.05, 0.1) is 35.5 Å². The number of para-hydroxylation sites is 2. The van der Waals surface area contributed by atoms with Gasteiger partial charge in [-0.05, 0) is 101 Å². The summed E-state index contributed by atoms with van der Waals surface area (Å²) >= 11 is 0. The first kappa shape index (κ1) is 37.2. The molecular formula is C47H48O6. The van der Waals surface area contributed by atoms with Crippen LogP contribution in [0.15, 0.2) is 157 Å². The van der Waals surface area contributed by atoms with Crippen LogP contribution in [0.1, 0.15) is 63.3 Å². The Morgan fingerprint density at radius 2 is 0.943 bits per heavy atom. The van der Waals surface area contributed by atoms with Gasteiger partial charge < -0.3 is 29.2 Å². The molecule has 0 amide bonds. The van der Waals surface area contributed by atoms with E-state index in [1.54, 1.807) is 6.92 Å². The molecule has 0 aliphatic carbocycles. The normalized spacial score (nSPS) is 17.6. The smallest absolute Gasteiger partial charge is 0.138 e. The number of ether oxygens (including phenoxy) is 4. The van der Waals surface area contributed by atoms with Crippen LogP contribution >= 0.6 is 0 Å². The van der Waals surface area contributed by atoms with Crippen molar-refractivity contribution in [1.29, 1.82) is 0 Å². The molecule has 53 heavy (non-hydrogen) atoms. The van der Waals surface area contributed by atoms with E-state index in [1.807, 2.05) is 173 Å². The van der Waals surface area contributed by atoms with Crippen molar-refractivity contribution in [2.75, 3.05) is 0 Å². The topological polar surface area (TPSA) is 77.4 Å². The summed E-state index contributed by atoms with van der Waals surface area (Å²) in [6.45, 7) is 9.69. The van der Waals surface area contributed by atoms with Gasteiger partial charge in [-0.25, -0.2) is 0 Å². The summed E-state index contributed by atoms with van der Waals surface area (Å²) in [5, 5.41) is 22.8. The number of aliphatic hydroxyl groups is 2. The molecule has 4 aromatic carbocycles. The Hall–Kier alpha value is -5.56. The highest BCUT2D eigenvalue weighted by Gasteiger charge is 2.25. The average Bonchev–Trinajstić information content (AvgIpc) is 3.16. The van der Waals surface area contributed by atoms with E-state index in [0.717, 1.165) is 39.1 Å². The van der Waals surface area contributed by atoms with E-state index < -0.39 is 18.1 Å². The Labute approximate surface area is 313 Å². The van der Waals surface area contributed by atoms with E-state index in [1.165, 1.54) is 0 Å². The number of benzene rings is 4. The minimum absolute atomic E-state index is 0.00968. The maximum absolute atomic E-state index is 11.7. The molecule has 0 radical (unpaired) electrons. The summed E-state index contributed by atoms with van der Waals surface area (Å²) in [6.07, 6.45) is 10.3. The van der Waals surface area contributed by atoms with Crippen molar-refractivity contribution < 1.29 is 29.2 Å². The Morgan fingerprint density at radius 3 is 1.42 bits per heavy atom. The zero-order valence-electron chi connectivity index (χ0n) is 31.0. The number of hydrogen-bond donors (Lipinski definition) is 2. The van der Waals surface area contributed by atoms with Crippen molar-refractivity contribution >= 4 is 23.0 Å². The molecule has 0 saturated carbocycles. The van der Waals surface area contributed by atoms with E-state index in [4.69, 9.17) is 18.9 Å². The standard InChI is InChI=1S/C47H48O6/c1-31(2)50-42-22-14-12-20-38(42)46-28-34(27-44(52-46)36-16-8-6-9-17-36)24-25-41(49)40(33(5)48)26-35-29-45(37-18-10-7-11-19-37)53-47(30-35)39-21-13-15-23-43(39)51-32(3)4/h6-24,26-33,40-41,48-49H,25H2,1-5H3/b34-24+,35-26+/t33?,40-,41?/m0/s1. The maximum Gasteiger partial charge on any atom is 0.138 e. The monoisotopic (exact) mass is 708 g/mol. The van der Waals surface area contributed by atoms with E-state index in [-0.39, 0.29) is 18.6 Å². The molecule has 4 aromatic rings. The van der Waals surface area contributed by atoms with Gasteiger partial charge >= 0.3 is 0 Å². The lowest BCUT2D eigenvalue weighted by molar-refractivity contribution is 0.0481. The summed E-state index contributed by atoms with van der Waals surface area (Å²) in [5.74, 6) is 3.48. The molecule has 6 rings (SSSR count). The van der Waals surface area contributed by atoms with Crippen molar-refractivity contribution in [3.63, 3.8) is 0 Å². The second-order valence-corrected chi connectivity index (χ2v) is 13.8. The molecule has 0 fully saturated rings. The van der Waals surface area contributed by atoms with Gasteiger partial charge in [0.15, 0.2) is 0 Å². The molecule has 0 aromatic heterocycles. The zero-order valence-corrected chi connectivity index (χ0v) is 31.0. The third-order valence-corrected chi connectivity index (χ3v) is 8.76. The van der Waals surface area contributed by atoms with Gasteiger partial charge in [0, 0.05) is 17.0 Å². The van der Waals surface area contributed by atoms with Gasteiger partial charge in [-0.3, -0.25) is 0 Å². The minimum atomic E-state index is -0.898. The largest absolute Gasteiger partial charge is 0.490 e. The fourth-order valence-corrected chi connectivity index (χ4v) is 6.27. The molecular weight excluding hydrogens is 661 g/mol. The summed E-state index contributed by atoms with van der Waals surface area (Å²) < 4.78 is 25.3. The van der Waals surface area contributed by atoms with Crippen LogP contribution in [0.2, 0.25) is 0 Å². The van der Waals surface area contributed by atoms with Crippen LogP contribution in [0.25, 0.3) is 23.0 Å². The lowest BCUT2D eigenvalue weighted by Gasteiger charge is -2.25. The summed E-state index contributed by atoms with van der Waals surface area (Å²) in [4.78, 5) is 0. The third-order valence-electron chi connectivity index (χ3n) is 8.76. The van der Waals surface area contributed by atoms with Crippen LogP contribution in [0, 0.1) is 5.92 Å². The van der Waals surface area contributed by atoms with Gasteiger partial charge in [-0.15, -0.1) is 0 Å². The van der Waals surface area contributed by atoms with Crippen LogP contribution in [0.4, 0.5) is 0 Å². The second-order valence-electron chi connectivity index (χ2n) is 13.8. The van der Waals surface area contributed by atoms with Crippen molar-refractivity contribution in [2.45, 2.75) is 65.5 Å². The van der Waals surface area contributed by atoms with Gasteiger partial charge in [0.25, 0.3) is 0 Å². The molecule has 2 aliphatic heterocycles. The van der Waals surface area contributed by atoms with Gasteiger partial charge in [-0.1, -0.05) is 97.1 Å². The molecule has 2 aliphatic rings. The quantitative estimate of drug-likeness (QED) is 0.144. The van der Waals surface area contributed by atoms with Crippen molar-refractivity contribution in [1.82, 2.24) is 0 Å². The number of hydrogen-bond acceptors (Lipinski definition) is 6. The van der Waals surface area contributed by atoms with E-state index in [9.17, 15) is 10.2 Å². The highest BCUT2D eigenvalue weighted by atomic mass is 16.5. The number of aliphatic hydroxyl groups excluding tert-OH is 2. The Morgan fingerprint density at radius 1 is 0.528 bits per heavy atom. The van der Waals surface area contributed by atoms with E-state index in [0.29, 0.717) is 28.8 Å². The van der Waals surface area contributed by atoms with E-state index >= 15 is 0 Å². The van der Waals surface area contributed by atoms with Crippen molar-refractivity contribution in [3.05, 3.63) is 179 Å². The number of allylic oxidation sites excluding steroid dienone is 6. The molecule has 0 bridgehead atoms. The van der Waals surface area contributed by atoms with E-state index in [2.05, 4.69) is 0 Å². The highest BCUT2D eigenvalue weighted by Crippen LogP contribution is 2.39. The molecule has 2 N–H and O–H groups in total. The summed E-state index contributed by atoms with van der Waals surface area (Å²) in [6, 6.07) is 35.5. The van der Waals surface area contributed by atoms with Crippen LogP contribution in [0.5, 0.6) is 11.5 Å². The first-order valence-electron chi connectivity index (χ1n) is 18.3. The Bertz CT molecular complexity index is 2050. The highest BCUT2D eigenvalue weighted by molar-refractivity contribution is 5.80. The van der Waals surface area contributed by atoms with Crippen molar-refractivity contribution in [2.24, 2.45) is 5.92 Å². The molecule has 6 heteroatoms. The molecule has 6 nitrogen and oxygen atoms in total. The molecule has 2 heterocycles. The Kier molecular flexibility index (Phi) is 12.1. The fraction of sp³-hybridized carbons (Fsp3) is 0.234. The lowest BCUT2D eigenvalue weighted by atomic mass is 9.90. The second kappa shape index (κ2) is 17.3. The molecule has 0 saturated heterocycles. The minimum Gasteiger partial charge on any atom is -0.490 e. The van der Waals surface area contributed by atoms with Crippen LogP contribution in [0.3, 0.4) is 0 Å².